The number of carboxylic acid groups (broad SMARTS) is 1. The van der Waals surface area contributed by atoms with E-state index in [9.17, 15) is 9.18 Å². The number of halogens is 1. The second-order valence-corrected chi connectivity index (χ2v) is 6.64. The summed E-state index contributed by atoms with van der Waals surface area (Å²) in [6, 6.07) is 6.58. The molecule has 8 heteroatoms. The zero-order valence-electron chi connectivity index (χ0n) is 13.2. The molecule has 1 aromatic carbocycles. The van der Waals surface area contributed by atoms with Gasteiger partial charge in [0.15, 0.2) is 11.0 Å². The van der Waals surface area contributed by atoms with E-state index in [1.807, 2.05) is 4.57 Å². The van der Waals surface area contributed by atoms with Gasteiger partial charge in [-0.1, -0.05) is 30.3 Å². The summed E-state index contributed by atoms with van der Waals surface area (Å²) < 4.78 is 16.0. The van der Waals surface area contributed by atoms with Crippen molar-refractivity contribution < 1.29 is 14.3 Å². The van der Waals surface area contributed by atoms with Gasteiger partial charge in [0.2, 0.25) is 0 Å². The van der Waals surface area contributed by atoms with Gasteiger partial charge < -0.3 is 5.11 Å². The summed E-state index contributed by atoms with van der Waals surface area (Å²) in [5.74, 6) is 0.316. The first-order chi connectivity index (χ1) is 11.6. The van der Waals surface area contributed by atoms with Gasteiger partial charge in [-0.2, -0.15) is 0 Å². The van der Waals surface area contributed by atoms with E-state index in [0.29, 0.717) is 24.5 Å². The van der Waals surface area contributed by atoms with Gasteiger partial charge in [0.25, 0.3) is 0 Å². The summed E-state index contributed by atoms with van der Waals surface area (Å²) in [5.41, 5.74) is 0.458. The van der Waals surface area contributed by atoms with Gasteiger partial charge in [-0.25, -0.2) is 4.39 Å². The molecule has 2 heterocycles. The average Bonchev–Trinajstić information content (AvgIpc) is 2.98. The number of aliphatic carboxylic acids is 1. The molecule has 0 unspecified atom stereocenters. The Morgan fingerprint density at radius 3 is 2.88 bits per heavy atom. The zero-order valence-corrected chi connectivity index (χ0v) is 14.0. The summed E-state index contributed by atoms with van der Waals surface area (Å²) in [4.78, 5) is 12.8. The number of hydrogen-bond acceptors (Lipinski definition) is 5. The molecule has 2 aromatic rings. The van der Waals surface area contributed by atoms with Gasteiger partial charge in [-0.3, -0.25) is 14.3 Å². The first-order valence-electron chi connectivity index (χ1n) is 7.90. The quantitative estimate of drug-likeness (QED) is 0.774. The summed E-state index contributed by atoms with van der Waals surface area (Å²) >= 11 is 1.59. The van der Waals surface area contributed by atoms with E-state index in [4.69, 9.17) is 5.11 Å². The van der Waals surface area contributed by atoms with Crippen molar-refractivity contribution in [3.63, 3.8) is 0 Å². The molecule has 0 aliphatic carbocycles. The predicted molar refractivity (Wildman–Crippen MR) is 88.9 cm³/mol. The molecule has 3 rings (SSSR count). The van der Waals surface area contributed by atoms with E-state index in [2.05, 4.69) is 15.1 Å². The normalized spacial score (nSPS) is 14.5. The van der Waals surface area contributed by atoms with Gasteiger partial charge in [-0.15, -0.1) is 10.2 Å². The Morgan fingerprint density at radius 1 is 1.25 bits per heavy atom. The lowest BCUT2D eigenvalue weighted by atomic mass is 10.2. The molecule has 0 saturated heterocycles. The minimum atomic E-state index is -0.743. The van der Waals surface area contributed by atoms with Crippen molar-refractivity contribution in [3.8, 4) is 11.4 Å². The number of benzene rings is 1. The molecule has 6 nitrogen and oxygen atoms in total. The van der Waals surface area contributed by atoms with Crippen molar-refractivity contribution in [1.29, 1.82) is 0 Å². The maximum atomic E-state index is 14.0. The molecule has 0 atom stereocenters. The monoisotopic (exact) mass is 350 g/mol. The van der Waals surface area contributed by atoms with E-state index in [-0.39, 0.29) is 12.2 Å². The Bertz CT molecular complexity index is 722. The number of rotatable bonds is 7. The summed E-state index contributed by atoms with van der Waals surface area (Å²) in [7, 11) is 0. The minimum absolute atomic E-state index is 0.224. The molecular formula is C16H19FN4O2S. The molecule has 1 aromatic heterocycles. The third-order valence-electron chi connectivity index (χ3n) is 3.91. The largest absolute Gasteiger partial charge is 0.481 e. The maximum absolute atomic E-state index is 14.0. The van der Waals surface area contributed by atoms with Gasteiger partial charge in [-0.05, 0) is 25.0 Å². The summed E-state index contributed by atoms with van der Waals surface area (Å²) in [6.45, 7) is 1.50. The summed E-state index contributed by atoms with van der Waals surface area (Å²) in [5, 5.41) is 17.8. The standard InChI is InChI=1S/C16H19FN4O2S/c17-13-7-4-3-6-12(13)15-18-19-16-21(15)10-20(11-24-16)9-5-1-2-8-14(22)23/h3-4,6-7H,1-2,5,8-11H2,(H,22,23). The van der Waals surface area contributed by atoms with Crippen LogP contribution in [-0.2, 0) is 11.5 Å². The third-order valence-corrected chi connectivity index (χ3v) is 4.97. The van der Waals surface area contributed by atoms with E-state index < -0.39 is 5.97 Å². The molecule has 0 fully saturated rings. The van der Waals surface area contributed by atoms with Gasteiger partial charge >= 0.3 is 5.97 Å². The number of hydrogen-bond donors (Lipinski definition) is 1. The maximum Gasteiger partial charge on any atom is 0.303 e. The van der Waals surface area contributed by atoms with Crippen LogP contribution in [0.25, 0.3) is 11.4 Å². The zero-order chi connectivity index (χ0) is 16.9. The molecular weight excluding hydrogens is 331 g/mol. The lowest BCUT2D eigenvalue weighted by Crippen LogP contribution is -2.31. The number of fused-ring (bicyclic) bond motifs is 1. The summed E-state index contributed by atoms with van der Waals surface area (Å²) in [6.07, 6.45) is 2.76. The van der Waals surface area contributed by atoms with E-state index in [0.717, 1.165) is 30.4 Å². The molecule has 0 radical (unpaired) electrons. The second kappa shape index (κ2) is 7.76. The molecule has 0 spiro atoms. The number of carbonyl (C=O) groups is 1. The van der Waals surface area contributed by atoms with Crippen LogP contribution in [0.4, 0.5) is 4.39 Å². The first-order valence-corrected chi connectivity index (χ1v) is 8.89. The topological polar surface area (TPSA) is 71.2 Å². The third kappa shape index (κ3) is 3.93. The fourth-order valence-corrected chi connectivity index (χ4v) is 3.59. The molecule has 1 N–H and O–H groups in total. The average molecular weight is 350 g/mol. The molecule has 0 amide bonds. The number of nitrogens with zero attached hydrogens (tertiary/aromatic N) is 4. The number of carboxylic acids is 1. The van der Waals surface area contributed by atoms with Crippen molar-refractivity contribution in [1.82, 2.24) is 19.7 Å². The lowest BCUT2D eigenvalue weighted by Gasteiger charge is -2.27. The SMILES string of the molecule is O=C(O)CCCCCN1CSc2nnc(-c3ccccc3F)n2C1. The van der Waals surface area contributed by atoms with E-state index in [1.54, 1.807) is 30.0 Å². The van der Waals surface area contributed by atoms with E-state index >= 15 is 0 Å². The smallest absolute Gasteiger partial charge is 0.303 e. The van der Waals surface area contributed by atoms with Crippen LogP contribution in [0.1, 0.15) is 25.7 Å². The van der Waals surface area contributed by atoms with Crippen molar-refractivity contribution in [2.75, 3.05) is 12.4 Å². The number of aromatic nitrogens is 3. The molecule has 0 saturated carbocycles. The van der Waals surface area contributed by atoms with Crippen LogP contribution in [0.5, 0.6) is 0 Å². The van der Waals surface area contributed by atoms with Crippen molar-refractivity contribution in [2.24, 2.45) is 0 Å². The fourth-order valence-electron chi connectivity index (χ4n) is 2.68. The van der Waals surface area contributed by atoms with Crippen LogP contribution in [0.15, 0.2) is 29.4 Å². The second-order valence-electron chi connectivity index (χ2n) is 5.73. The van der Waals surface area contributed by atoms with Crippen molar-refractivity contribution >= 4 is 17.7 Å². The van der Waals surface area contributed by atoms with Crippen LogP contribution in [0.2, 0.25) is 0 Å². The van der Waals surface area contributed by atoms with Crippen LogP contribution >= 0.6 is 11.8 Å². The minimum Gasteiger partial charge on any atom is -0.481 e. The Morgan fingerprint density at radius 2 is 2.08 bits per heavy atom. The number of thioether (sulfide) groups is 1. The lowest BCUT2D eigenvalue weighted by molar-refractivity contribution is -0.137. The van der Waals surface area contributed by atoms with Crippen molar-refractivity contribution in [3.05, 3.63) is 30.1 Å². The van der Waals surface area contributed by atoms with Crippen LogP contribution in [0, 0.1) is 5.82 Å². The van der Waals surface area contributed by atoms with Gasteiger partial charge in [0.1, 0.15) is 5.82 Å². The van der Waals surface area contributed by atoms with E-state index in [1.165, 1.54) is 6.07 Å². The molecule has 1 aliphatic heterocycles. The fraction of sp³-hybridized carbons (Fsp3) is 0.438. The van der Waals surface area contributed by atoms with Crippen LogP contribution in [0.3, 0.4) is 0 Å². The highest BCUT2D eigenvalue weighted by atomic mass is 32.2. The number of unbranched alkanes of at least 4 members (excludes halogenated alkanes) is 2. The Hall–Kier alpha value is -1.93. The molecule has 24 heavy (non-hydrogen) atoms. The highest BCUT2D eigenvalue weighted by Gasteiger charge is 2.23. The molecule has 128 valence electrons. The predicted octanol–water partition coefficient (Wildman–Crippen LogP) is 3.05. The van der Waals surface area contributed by atoms with Gasteiger partial charge in [0, 0.05) is 13.0 Å². The van der Waals surface area contributed by atoms with Crippen LogP contribution < -0.4 is 0 Å². The Labute approximate surface area is 143 Å². The highest BCUT2D eigenvalue weighted by molar-refractivity contribution is 7.99. The first kappa shape index (κ1) is 16.9. The van der Waals surface area contributed by atoms with Crippen molar-refractivity contribution in [2.45, 2.75) is 37.5 Å². The molecule has 0 bridgehead atoms. The Kier molecular flexibility index (Phi) is 5.47. The Balaban J connectivity index is 1.62. The van der Waals surface area contributed by atoms with Gasteiger partial charge in [0.05, 0.1) is 18.1 Å². The molecule has 1 aliphatic rings. The highest BCUT2D eigenvalue weighted by Crippen LogP contribution is 2.30. The van der Waals surface area contributed by atoms with Crippen LogP contribution in [-0.4, -0.2) is 43.2 Å².